The Hall–Kier alpha value is -1.33. The minimum absolute atomic E-state index is 0.0509. The summed E-state index contributed by atoms with van der Waals surface area (Å²) in [6, 6.07) is 3.28. The van der Waals surface area contributed by atoms with Crippen LogP contribution in [-0.2, 0) is 9.53 Å². The zero-order valence-corrected chi connectivity index (χ0v) is 10.0. The summed E-state index contributed by atoms with van der Waals surface area (Å²) < 4.78 is 22.5. The van der Waals surface area contributed by atoms with E-state index in [2.05, 4.69) is 4.74 Å². The van der Waals surface area contributed by atoms with E-state index < -0.39 is 17.8 Å². The molecule has 1 aromatic carbocycles. The SMILES string of the molecule is COC(=O)CC(N)COc1ccc(F)cc1Cl. The lowest BCUT2D eigenvalue weighted by Crippen LogP contribution is -2.31. The number of methoxy groups -OCH3 is 1. The third-order valence-corrected chi connectivity index (χ3v) is 2.30. The molecule has 0 heterocycles. The molecule has 1 unspecified atom stereocenters. The predicted molar refractivity (Wildman–Crippen MR) is 61.5 cm³/mol. The molecular formula is C11H13ClFNO3. The van der Waals surface area contributed by atoms with Gasteiger partial charge in [-0.3, -0.25) is 4.79 Å². The Morgan fingerprint density at radius 2 is 2.29 bits per heavy atom. The second-order valence-corrected chi connectivity index (χ2v) is 3.83. The topological polar surface area (TPSA) is 61.5 Å². The van der Waals surface area contributed by atoms with Crippen LogP contribution < -0.4 is 10.5 Å². The van der Waals surface area contributed by atoms with Crippen LogP contribution in [0.15, 0.2) is 18.2 Å². The Balaban J connectivity index is 2.47. The monoisotopic (exact) mass is 261 g/mol. The first-order chi connectivity index (χ1) is 8.02. The van der Waals surface area contributed by atoms with Gasteiger partial charge in [0.2, 0.25) is 0 Å². The molecule has 0 spiro atoms. The van der Waals surface area contributed by atoms with E-state index in [4.69, 9.17) is 22.1 Å². The molecule has 1 atom stereocenters. The van der Waals surface area contributed by atoms with Gasteiger partial charge in [0.1, 0.15) is 18.2 Å². The maximum atomic E-state index is 12.7. The van der Waals surface area contributed by atoms with Crippen LogP contribution in [0.4, 0.5) is 4.39 Å². The smallest absolute Gasteiger partial charge is 0.307 e. The number of hydrogen-bond donors (Lipinski definition) is 1. The number of hydrogen-bond acceptors (Lipinski definition) is 4. The number of ether oxygens (including phenoxy) is 2. The van der Waals surface area contributed by atoms with E-state index in [0.29, 0.717) is 5.75 Å². The average Bonchev–Trinajstić information content (AvgIpc) is 2.27. The molecule has 0 aliphatic rings. The van der Waals surface area contributed by atoms with Crippen molar-refractivity contribution in [3.8, 4) is 5.75 Å². The summed E-state index contributed by atoms with van der Waals surface area (Å²) in [6.45, 7) is 0.0977. The van der Waals surface area contributed by atoms with Gasteiger partial charge >= 0.3 is 5.97 Å². The lowest BCUT2D eigenvalue weighted by molar-refractivity contribution is -0.141. The number of rotatable bonds is 5. The normalized spacial score (nSPS) is 12.0. The molecule has 0 aromatic heterocycles. The summed E-state index contributed by atoms with van der Waals surface area (Å²) in [6.07, 6.45) is 0.0509. The highest BCUT2D eigenvalue weighted by Crippen LogP contribution is 2.24. The third kappa shape index (κ3) is 4.58. The lowest BCUT2D eigenvalue weighted by Gasteiger charge is -2.12. The highest BCUT2D eigenvalue weighted by Gasteiger charge is 2.11. The number of esters is 1. The molecule has 94 valence electrons. The van der Waals surface area contributed by atoms with Crippen molar-refractivity contribution in [2.75, 3.05) is 13.7 Å². The molecule has 0 aliphatic heterocycles. The molecule has 0 fully saturated rings. The second-order valence-electron chi connectivity index (χ2n) is 3.43. The Bertz CT molecular complexity index is 400. The molecule has 0 aliphatic carbocycles. The molecule has 2 N–H and O–H groups in total. The van der Waals surface area contributed by atoms with E-state index in [1.807, 2.05) is 0 Å². The van der Waals surface area contributed by atoms with E-state index in [1.54, 1.807) is 0 Å². The van der Waals surface area contributed by atoms with E-state index in [-0.39, 0.29) is 18.1 Å². The summed E-state index contributed by atoms with van der Waals surface area (Å²) in [4.78, 5) is 10.9. The minimum Gasteiger partial charge on any atom is -0.490 e. The minimum atomic E-state index is -0.497. The molecular weight excluding hydrogens is 249 g/mol. The molecule has 6 heteroatoms. The number of carbonyl (C=O) groups excluding carboxylic acids is 1. The largest absolute Gasteiger partial charge is 0.490 e. The molecule has 1 rings (SSSR count). The summed E-state index contributed by atoms with van der Waals surface area (Å²) in [5, 5.41) is 0.162. The number of benzene rings is 1. The van der Waals surface area contributed by atoms with Gasteiger partial charge in [0.15, 0.2) is 0 Å². The number of carbonyl (C=O) groups is 1. The first-order valence-electron chi connectivity index (χ1n) is 4.93. The van der Waals surface area contributed by atoms with Crippen LogP contribution in [-0.4, -0.2) is 25.7 Å². The zero-order chi connectivity index (χ0) is 12.8. The van der Waals surface area contributed by atoms with Gasteiger partial charge < -0.3 is 15.2 Å². The highest BCUT2D eigenvalue weighted by atomic mass is 35.5. The van der Waals surface area contributed by atoms with Crippen LogP contribution in [0.25, 0.3) is 0 Å². The Morgan fingerprint density at radius 3 is 2.88 bits per heavy atom. The quantitative estimate of drug-likeness (QED) is 0.821. The van der Waals surface area contributed by atoms with Crippen molar-refractivity contribution in [1.29, 1.82) is 0 Å². The maximum absolute atomic E-state index is 12.7. The van der Waals surface area contributed by atoms with Gasteiger partial charge in [-0.05, 0) is 18.2 Å². The predicted octanol–water partition coefficient (Wildman–Crippen LogP) is 1.75. The Labute approximate surface area is 103 Å². The molecule has 17 heavy (non-hydrogen) atoms. The highest BCUT2D eigenvalue weighted by molar-refractivity contribution is 6.32. The Kier molecular flexibility index (Phi) is 5.18. The van der Waals surface area contributed by atoms with E-state index in [9.17, 15) is 9.18 Å². The van der Waals surface area contributed by atoms with Crippen LogP contribution in [0, 0.1) is 5.82 Å². The first-order valence-corrected chi connectivity index (χ1v) is 5.31. The van der Waals surface area contributed by atoms with Gasteiger partial charge in [0.25, 0.3) is 0 Å². The van der Waals surface area contributed by atoms with Crippen LogP contribution in [0.3, 0.4) is 0 Å². The first kappa shape index (κ1) is 13.7. The number of halogens is 2. The summed E-state index contributed by atoms with van der Waals surface area (Å²) in [5.74, 6) is -0.527. The summed E-state index contributed by atoms with van der Waals surface area (Å²) in [5.41, 5.74) is 5.64. The van der Waals surface area contributed by atoms with Crippen molar-refractivity contribution < 1.29 is 18.7 Å². The van der Waals surface area contributed by atoms with Gasteiger partial charge in [0, 0.05) is 6.04 Å². The van der Waals surface area contributed by atoms with E-state index in [1.165, 1.54) is 19.2 Å². The van der Waals surface area contributed by atoms with Gasteiger partial charge in [0.05, 0.1) is 18.6 Å². The number of nitrogens with two attached hydrogens (primary N) is 1. The van der Waals surface area contributed by atoms with E-state index >= 15 is 0 Å². The molecule has 0 saturated carbocycles. The molecule has 0 bridgehead atoms. The summed E-state index contributed by atoms with van der Waals surface area (Å²) in [7, 11) is 1.28. The lowest BCUT2D eigenvalue weighted by atomic mass is 10.2. The van der Waals surface area contributed by atoms with Crippen LogP contribution in [0.5, 0.6) is 5.75 Å². The van der Waals surface area contributed by atoms with Crippen molar-refractivity contribution >= 4 is 17.6 Å². The standard InChI is InChI=1S/C11H13ClFNO3/c1-16-11(15)5-8(14)6-17-10-3-2-7(13)4-9(10)12/h2-4,8H,5-6,14H2,1H3. The zero-order valence-electron chi connectivity index (χ0n) is 9.28. The van der Waals surface area contributed by atoms with Crippen molar-refractivity contribution in [2.24, 2.45) is 5.73 Å². The van der Waals surface area contributed by atoms with Gasteiger partial charge in [-0.15, -0.1) is 0 Å². The molecule has 0 amide bonds. The van der Waals surface area contributed by atoms with Crippen LogP contribution in [0.2, 0.25) is 5.02 Å². The van der Waals surface area contributed by atoms with Crippen LogP contribution in [0.1, 0.15) is 6.42 Å². The maximum Gasteiger partial charge on any atom is 0.307 e. The van der Waals surface area contributed by atoms with Crippen molar-refractivity contribution in [3.05, 3.63) is 29.0 Å². The van der Waals surface area contributed by atoms with E-state index in [0.717, 1.165) is 6.07 Å². The third-order valence-electron chi connectivity index (χ3n) is 2.00. The fourth-order valence-corrected chi connectivity index (χ4v) is 1.37. The molecule has 0 radical (unpaired) electrons. The fourth-order valence-electron chi connectivity index (χ4n) is 1.15. The second kappa shape index (κ2) is 6.42. The average molecular weight is 262 g/mol. The van der Waals surface area contributed by atoms with Crippen molar-refractivity contribution in [2.45, 2.75) is 12.5 Å². The Morgan fingerprint density at radius 1 is 1.59 bits per heavy atom. The van der Waals surface area contributed by atoms with Gasteiger partial charge in [-0.2, -0.15) is 0 Å². The molecule has 1 aromatic rings. The van der Waals surface area contributed by atoms with Crippen LogP contribution >= 0.6 is 11.6 Å². The molecule has 4 nitrogen and oxygen atoms in total. The fraction of sp³-hybridized carbons (Fsp3) is 0.364. The summed E-state index contributed by atoms with van der Waals surface area (Å²) >= 11 is 5.75. The van der Waals surface area contributed by atoms with Crippen molar-refractivity contribution in [3.63, 3.8) is 0 Å². The van der Waals surface area contributed by atoms with Gasteiger partial charge in [-0.25, -0.2) is 4.39 Å². The van der Waals surface area contributed by atoms with Crippen molar-refractivity contribution in [1.82, 2.24) is 0 Å². The van der Waals surface area contributed by atoms with Gasteiger partial charge in [-0.1, -0.05) is 11.6 Å². The molecule has 0 saturated heterocycles.